The monoisotopic (exact) mass is 366 g/mol. The first kappa shape index (κ1) is 13.4. The van der Waals surface area contributed by atoms with Gasteiger partial charge in [0.05, 0.1) is 5.56 Å². The molecule has 0 aliphatic rings. The van der Waals surface area contributed by atoms with Crippen molar-refractivity contribution in [2.45, 2.75) is 19.6 Å². The van der Waals surface area contributed by atoms with Crippen molar-refractivity contribution < 1.29 is 13.2 Å². The SMILES string of the molecule is CCn1cc(I)nc1-c1cccc(C(F)(F)F)c1. The maximum Gasteiger partial charge on any atom is 0.416 e. The van der Waals surface area contributed by atoms with Gasteiger partial charge in [-0.3, -0.25) is 0 Å². The van der Waals surface area contributed by atoms with E-state index in [0.29, 0.717) is 17.9 Å². The van der Waals surface area contributed by atoms with Crippen LogP contribution in [0.2, 0.25) is 0 Å². The van der Waals surface area contributed by atoms with Crippen LogP contribution < -0.4 is 0 Å². The highest BCUT2D eigenvalue weighted by atomic mass is 127. The van der Waals surface area contributed by atoms with Crippen LogP contribution in [-0.2, 0) is 12.7 Å². The molecule has 2 aromatic rings. The summed E-state index contributed by atoms with van der Waals surface area (Å²) in [6.45, 7) is 2.59. The molecule has 0 saturated heterocycles. The smallest absolute Gasteiger partial charge is 0.330 e. The Kier molecular flexibility index (Phi) is 3.65. The summed E-state index contributed by atoms with van der Waals surface area (Å²) in [5.74, 6) is 0.563. The molecule has 1 heterocycles. The molecule has 0 aliphatic heterocycles. The third-order valence-electron chi connectivity index (χ3n) is 2.54. The van der Waals surface area contributed by atoms with Crippen molar-refractivity contribution in [3.05, 3.63) is 39.7 Å². The van der Waals surface area contributed by atoms with Crippen molar-refractivity contribution in [2.75, 3.05) is 0 Å². The van der Waals surface area contributed by atoms with Crippen LogP contribution in [0.3, 0.4) is 0 Å². The van der Waals surface area contributed by atoms with Gasteiger partial charge in [0, 0.05) is 18.3 Å². The van der Waals surface area contributed by atoms with E-state index in [1.807, 2.05) is 40.3 Å². The topological polar surface area (TPSA) is 17.8 Å². The standard InChI is InChI=1S/C12H10F3IN2/c1-2-18-7-10(16)17-11(18)8-4-3-5-9(6-8)12(13,14)15/h3-7H,2H2,1H3. The summed E-state index contributed by atoms with van der Waals surface area (Å²) in [5.41, 5.74) is -0.171. The Morgan fingerprint density at radius 3 is 2.67 bits per heavy atom. The van der Waals surface area contributed by atoms with Gasteiger partial charge in [-0.2, -0.15) is 13.2 Å². The number of rotatable bonds is 2. The fraction of sp³-hybridized carbons (Fsp3) is 0.250. The van der Waals surface area contributed by atoms with Gasteiger partial charge in [0.2, 0.25) is 0 Å². The second-order valence-corrected chi connectivity index (χ2v) is 4.86. The number of nitrogens with zero attached hydrogens (tertiary/aromatic N) is 2. The third kappa shape index (κ3) is 2.68. The first-order valence-corrected chi connectivity index (χ1v) is 6.40. The van der Waals surface area contributed by atoms with Crippen LogP contribution in [0.4, 0.5) is 13.2 Å². The first-order valence-electron chi connectivity index (χ1n) is 5.32. The molecule has 0 fully saturated rings. The van der Waals surface area contributed by atoms with Gasteiger partial charge in [-0.15, -0.1) is 0 Å². The number of halogens is 4. The quantitative estimate of drug-likeness (QED) is 0.729. The Hall–Kier alpha value is -1.05. The van der Waals surface area contributed by atoms with Gasteiger partial charge in [-0.05, 0) is 41.6 Å². The fourth-order valence-corrected chi connectivity index (χ4v) is 2.25. The van der Waals surface area contributed by atoms with Gasteiger partial charge in [0.15, 0.2) is 0 Å². The summed E-state index contributed by atoms with van der Waals surface area (Å²) in [4.78, 5) is 4.26. The van der Waals surface area contributed by atoms with E-state index in [-0.39, 0.29) is 0 Å². The Bertz CT molecular complexity index is 561. The van der Waals surface area contributed by atoms with Gasteiger partial charge in [0.1, 0.15) is 9.53 Å². The maximum absolute atomic E-state index is 12.6. The normalized spacial score (nSPS) is 11.8. The molecule has 96 valence electrons. The summed E-state index contributed by atoms with van der Waals surface area (Å²) >= 11 is 2.05. The minimum Gasteiger partial charge on any atom is -0.330 e. The second kappa shape index (κ2) is 4.91. The Balaban J connectivity index is 2.51. The molecule has 2 nitrogen and oxygen atoms in total. The van der Waals surface area contributed by atoms with Gasteiger partial charge >= 0.3 is 6.18 Å². The molecule has 0 unspecified atom stereocenters. The molecule has 0 bridgehead atoms. The Morgan fingerprint density at radius 2 is 2.06 bits per heavy atom. The minimum atomic E-state index is -4.33. The fourth-order valence-electron chi connectivity index (χ4n) is 1.69. The highest BCUT2D eigenvalue weighted by Gasteiger charge is 2.30. The molecule has 0 amide bonds. The number of imidazole rings is 1. The van der Waals surface area contributed by atoms with Gasteiger partial charge in [0.25, 0.3) is 0 Å². The number of benzene rings is 1. The van der Waals surface area contributed by atoms with Gasteiger partial charge < -0.3 is 4.57 Å². The second-order valence-electron chi connectivity index (χ2n) is 3.75. The summed E-state index contributed by atoms with van der Waals surface area (Å²) in [6, 6.07) is 5.23. The third-order valence-corrected chi connectivity index (χ3v) is 3.06. The van der Waals surface area contributed by atoms with E-state index < -0.39 is 11.7 Å². The summed E-state index contributed by atoms with van der Waals surface area (Å²) < 4.78 is 40.5. The zero-order valence-electron chi connectivity index (χ0n) is 9.50. The lowest BCUT2D eigenvalue weighted by atomic mass is 10.1. The summed E-state index contributed by atoms with van der Waals surface area (Å²) in [5, 5.41) is 0. The first-order chi connectivity index (χ1) is 8.41. The lowest BCUT2D eigenvalue weighted by Crippen LogP contribution is -2.05. The number of aromatic nitrogens is 2. The molecule has 0 aliphatic carbocycles. The predicted octanol–water partition coefficient (Wildman–Crippen LogP) is 4.19. The van der Waals surface area contributed by atoms with E-state index in [1.54, 1.807) is 6.07 Å². The van der Waals surface area contributed by atoms with E-state index in [9.17, 15) is 13.2 Å². The largest absolute Gasteiger partial charge is 0.416 e. The van der Waals surface area contributed by atoms with Crippen molar-refractivity contribution in [1.29, 1.82) is 0 Å². The highest BCUT2D eigenvalue weighted by Crippen LogP contribution is 2.32. The molecule has 6 heteroatoms. The molecule has 0 atom stereocenters. The number of hydrogen-bond donors (Lipinski definition) is 0. The molecular weight excluding hydrogens is 356 g/mol. The van der Waals surface area contributed by atoms with E-state index in [4.69, 9.17) is 0 Å². The molecule has 0 radical (unpaired) electrons. The Labute approximate surface area is 116 Å². The molecule has 1 aromatic heterocycles. The average molecular weight is 366 g/mol. The van der Waals surface area contributed by atoms with Crippen LogP contribution in [0.5, 0.6) is 0 Å². The van der Waals surface area contributed by atoms with Crippen LogP contribution >= 0.6 is 22.6 Å². The molecule has 0 N–H and O–H groups in total. The van der Waals surface area contributed by atoms with Crippen LogP contribution in [0.1, 0.15) is 12.5 Å². The predicted molar refractivity (Wildman–Crippen MR) is 71.1 cm³/mol. The van der Waals surface area contributed by atoms with Crippen molar-refractivity contribution >= 4 is 22.6 Å². The zero-order chi connectivity index (χ0) is 13.3. The van der Waals surface area contributed by atoms with Crippen molar-refractivity contribution in [3.63, 3.8) is 0 Å². The van der Waals surface area contributed by atoms with Crippen molar-refractivity contribution in [2.24, 2.45) is 0 Å². The molecule has 0 spiro atoms. The van der Waals surface area contributed by atoms with Crippen LogP contribution in [-0.4, -0.2) is 9.55 Å². The van der Waals surface area contributed by atoms with Crippen LogP contribution in [0.25, 0.3) is 11.4 Å². The number of hydrogen-bond acceptors (Lipinski definition) is 1. The van der Waals surface area contributed by atoms with Gasteiger partial charge in [-0.1, -0.05) is 12.1 Å². The van der Waals surface area contributed by atoms with Crippen LogP contribution in [0, 0.1) is 3.70 Å². The molecule has 2 rings (SSSR count). The van der Waals surface area contributed by atoms with E-state index >= 15 is 0 Å². The highest BCUT2D eigenvalue weighted by molar-refractivity contribution is 14.1. The zero-order valence-corrected chi connectivity index (χ0v) is 11.7. The van der Waals surface area contributed by atoms with Gasteiger partial charge in [-0.25, -0.2) is 4.98 Å². The number of aryl methyl sites for hydroxylation is 1. The lowest BCUT2D eigenvalue weighted by Gasteiger charge is -2.09. The van der Waals surface area contributed by atoms with E-state index in [0.717, 1.165) is 15.8 Å². The molecular formula is C12H10F3IN2. The molecule has 1 aromatic carbocycles. The average Bonchev–Trinajstić information content (AvgIpc) is 2.69. The van der Waals surface area contributed by atoms with Crippen molar-refractivity contribution in [1.82, 2.24) is 9.55 Å². The van der Waals surface area contributed by atoms with Crippen LogP contribution in [0.15, 0.2) is 30.5 Å². The number of alkyl halides is 3. The summed E-state index contributed by atoms with van der Waals surface area (Å²) in [6.07, 6.45) is -2.51. The van der Waals surface area contributed by atoms with E-state index in [1.165, 1.54) is 6.07 Å². The van der Waals surface area contributed by atoms with Crippen molar-refractivity contribution in [3.8, 4) is 11.4 Å². The maximum atomic E-state index is 12.6. The summed E-state index contributed by atoms with van der Waals surface area (Å²) in [7, 11) is 0. The van der Waals surface area contributed by atoms with E-state index in [2.05, 4.69) is 4.98 Å². The molecule has 18 heavy (non-hydrogen) atoms. The molecule has 0 saturated carbocycles. The minimum absolute atomic E-state index is 0.481. The lowest BCUT2D eigenvalue weighted by molar-refractivity contribution is -0.137. The Morgan fingerprint density at radius 1 is 1.33 bits per heavy atom.